The molecule has 1 unspecified atom stereocenters. The van der Waals surface area contributed by atoms with Gasteiger partial charge in [0.05, 0.1) is 0 Å². The van der Waals surface area contributed by atoms with Crippen molar-refractivity contribution < 1.29 is 28.6 Å². The second-order valence-corrected chi connectivity index (χ2v) is 24.1. The number of allylic oxidation sites excluding steroid dienone is 14. The van der Waals surface area contributed by atoms with Crippen LogP contribution in [-0.2, 0) is 28.6 Å². The molecule has 0 bridgehead atoms. The Morgan fingerprint density at radius 1 is 0.253 bits per heavy atom. The minimum atomic E-state index is -0.810. The maximum Gasteiger partial charge on any atom is 0.306 e. The molecule has 0 radical (unpaired) electrons. The average Bonchev–Trinajstić information content (AvgIpc) is 3.49. The van der Waals surface area contributed by atoms with Gasteiger partial charge in [-0.1, -0.05) is 331 Å². The second-order valence-electron chi connectivity index (χ2n) is 24.1. The summed E-state index contributed by atoms with van der Waals surface area (Å²) in [5.41, 5.74) is 0. The predicted molar refractivity (Wildman–Crippen MR) is 362 cm³/mol. The molecule has 6 nitrogen and oxygen atoms in total. The van der Waals surface area contributed by atoms with Gasteiger partial charge in [-0.2, -0.15) is 0 Å². The molecule has 0 aliphatic heterocycles. The fraction of sp³-hybridized carbons (Fsp3) is 0.779. The molecule has 83 heavy (non-hydrogen) atoms. The highest BCUT2D eigenvalue weighted by Gasteiger charge is 2.19. The molecule has 0 N–H and O–H groups in total. The summed E-state index contributed by atoms with van der Waals surface area (Å²) in [6.07, 6.45) is 95.2. The Kier molecular flexibility index (Phi) is 68.2. The largest absolute Gasteiger partial charge is 0.462 e. The first-order valence-corrected chi connectivity index (χ1v) is 36.1. The first kappa shape index (κ1) is 79.6. The number of hydrogen-bond donors (Lipinski definition) is 0. The Hall–Kier alpha value is -3.41. The van der Waals surface area contributed by atoms with Crippen molar-refractivity contribution >= 4 is 17.9 Å². The summed E-state index contributed by atoms with van der Waals surface area (Å²) in [5, 5.41) is 0. The van der Waals surface area contributed by atoms with Crippen LogP contribution in [0, 0.1) is 0 Å². The molecule has 0 amide bonds. The highest BCUT2D eigenvalue weighted by molar-refractivity contribution is 5.71. The summed E-state index contributed by atoms with van der Waals surface area (Å²) in [4.78, 5) is 38.3. The third-order valence-corrected chi connectivity index (χ3v) is 15.9. The van der Waals surface area contributed by atoms with Gasteiger partial charge in [-0.3, -0.25) is 14.4 Å². The van der Waals surface area contributed by atoms with Crippen molar-refractivity contribution in [3.8, 4) is 0 Å². The molecular formula is C77H136O6. The van der Waals surface area contributed by atoms with E-state index in [9.17, 15) is 14.4 Å². The van der Waals surface area contributed by atoms with E-state index in [-0.39, 0.29) is 37.5 Å². The van der Waals surface area contributed by atoms with Gasteiger partial charge in [0.2, 0.25) is 0 Å². The maximum atomic E-state index is 12.9. The fourth-order valence-corrected chi connectivity index (χ4v) is 10.5. The third kappa shape index (κ3) is 69.3. The number of carbonyl (C=O) groups is 3. The van der Waals surface area contributed by atoms with Crippen molar-refractivity contribution in [2.75, 3.05) is 13.2 Å². The molecule has 0 saturated heterocycles. The van der Waals surface area contributed by atoms with Gasteiger partial charge < -0.3 is 14.2 Å². The van der Waals surface area contributed by atoms with E-state index < -0.39 is 6.10 Å². The lowest BCUT2D eigenvalue weighted by molar-refractivity contribution is -0.166. The number of unbranched alkanes of at least 4 members (excludes halogenated alkanes) is 41. The first-order chi connectivity index (χ1) is 41.0. The molecule has 480 valence electrons. The molecule has 0 aromatic rings. The average molecular weight is 1160 g/mol. The molecule has 0 rings (SSSR count). The summed E-state index contributed by atoms with van der Waals surface area (Å²) in [6.45, 7) is 6.47. The normalized spacial score (nSPS) is 12.6. The number of carbonyl (C=O) groups excluding carboxylic acids is 3. The van der Waals surface area contributed by atoms with Gasteiger partial charge in [-0.25, -0.2) is 0 Å². The van der Waals surface area contributed by atoms with Crippen LogP contribution < -0.4 is 0 Å². The van der Waals surface area contributed by atoms with Gasteiger partial charge in [0.25, 0.3) is 0 Å². The summed E-state index contributed by atoms with van der Waals surface area (Å²) in [7, 11) is 0. The van der Waals surface area contributed by atoms with E-state index in [1.165, 1.54) is 244 Å². The number of esters is 3. The van der Waals surface area contributed by atoms with Crippen molar-refractivity contribution in [1.82, 2.24) is 0 Å². The van der Waals surface area contributed by atoms with E-state index >= 15 is 0 Å². The van der Waals surface area contributed by atoms with Crippen molar-refractivity contribution in [3.63, 3.8) is 0 Å². The fourth-order valence-electron chi connectivity index (χ4n) is 10.5. The van der Waals surface area contributed by atoms with E-state index in [1.807, 2.05) is 6.08 Å². The molecule has 1 atom stereocenters. The SMILES string of the molecule is CC/C=C\C/C=C\C/C=C\C/C=C\CCC(=O)OCC(COC(=O)CCCCCCCCCCCCCCCCCCCCCCCCC/C=C\CCCCCCCCCC)OC(=O)CCCCCCCCC/C=C\C/C=C\CCCCC. The van der Waals surface area contributed by atoms with Crippen LogP contribution in [-0.4, -0.2) is 37.2 Å². The lowest BCUT2D eigenvalue weighted by Gasteiger charge is -2.18. The first-order valence-electron chi connectivity index (χ1n) is 36.1. The summed E-state index contributed by atoms with van der Waals surface area (Å²) in [5.74, 6) is -0.977. The molecule has 6 heteroatoms. The number of rotatable bonds is 66. The number of ether oxygens (including phenoxy) is 3. The Balaban J connectivity index is 4.12. The van der Waals surface area contributed by atoms with Crippen molar-refractivity contribution in [2.45, 2.75) is 374 Å². The quantitative estimate of drug-likeness (QED) is 0.0261. The summed E-state index contributed by atoms with van der Waals surface area (Å²) in [6, 6.07) is 0. The van der Waals surface area contributed by atoms with Gasteiger partial charge >= 0.3 is 17.9 Å². The van der Waals surface area contributed by atoms with Crippen LogP contribution in [0.4, 0.5) is 0 Å². The van der Waals surface area contributed by atoms with Crippen LogP contribution in [0.1, 0.15) is 367 Å². The van der Waals surface area contributed by atoms with E-state index in [2.05, 4.69) is 99.8 Å². The Labute approximate surface area is 515 Å². The van der Waals surface area contributed by atoms with E-state index in [1.54, 1.807) is 0 Å². The van der Waals surface area contributed by atoms with Gasteiger partial charge in [-0.15, -0.1) is 0 Å². The van der Waals surface area contributed by atoms with Gasteiger partial charge in [0.15, 0.2) is 6.10 Å². The van der Waals surface area contributed by atoms with Crippen LogP contribution in [0.2, 0.25) is 0 Å². The van der Waals surface area contributed by atoms with E-state index in [0.717, 1.165) is 77.0 Å². The molecule has 0 aromatic carbocycles. The lowest BCUT2D eigenvalue weighted by Crippen LogP contribution is -2.30. The molecule has 0 aromatic heterocycles. The summed E-state index contributed by atoms with van der Waals surface area (Å²) >= 11 is 0. The highest BCUT2D eigenvalue weighted by atomic mass is 16.6. The zero-order valence-electron chi connectivity index (χ0n) is 55.2. The van der Waals surface area contributed by atoms with Gasteiger partial charge in [0.1, 0.15) is 13.2 Å². The van der Waals surface area contributed by atoms with Crippen LogP contribution in [0.25, 0.3) is 0 Å². The van der Waals surface area contributed by atoms with Crippen molar-refractivity contribution in [2.24, 2.45) is 0 Å². The third-order valence-electron chi connectivity index (χ3n) is 15.9. The van der Waals surface area contributed by atoms with Crippen LogP contribution >= 0.6 is 0 Å². The predicted octanol–water partition coefficient (Wildman–Crippen LogP) is 25.0. The monoisotopic (exact) mass is 1160 g/mol. The highest BCUT2D eigenvalue weighted by Crippen LogP contribution is 2.18. The topological polar surface area (TPSA) is 78.9 Å². The molecular weight excluding hydrogens is 1020 g/mol. The summed E-state index contributed by atoms with van der Waals surface area (Å²) < 4.78 is 16.9. The standard InChI is InChI=1S/C77H136O6/c1-4-7-10-13-16-19-22-25-27-29-30-31-32-33-34-35-36-37-38-39-40-41-42-43-44-45-46-48-49-52-55-58-61-64-67-70-76(79)82-73-74(72-81-75(78)69-66-63-60-57-54-51-24-21-18-15-12-9-6-3)83-77(80)71-68-65-62-59-56-53-50-47-28-26-23-20-17-14-11-8-5-2/h9,12,17-18,20-21,26,28-30,51,54,60,63,74H,4-8,10-11,13-16,19,22-25,27,31-50,52-53,55-59,61-62,64-73H2,1-3H3/b12-9-,20-17-,21-18-,28-26-,30-29-,54-51-,63-60-. The van der Waals surface area contributed by atoms with Crippen molar-refractivity contribution in [3.05, 3.63) is 85.1 Å². The minimum Gasteiger partial charge on any atom is -0.462 e. The minimum absolute atomic E-state index is 0.0990. The maximum absolute atomic E-state index is 12.9. The smallest absolute Gasteiger partial charge is 0.306 e. The molecule has 0 fully saturated rings. The Morgan fingerprint density at radius 2 is 0.494 bits per heavy atom. The van der Waals surface area contributed by atoms with E-state index in [4.69, 9.17) is 14.2 Å². The lowest BCUT2D eigenvalue weighted by atomic mass is 10.0. The molecule has 0 spiro atoms. The second kappa shape index (κ2) is 71.1. The molecule has 0 aliphatic rings. The zero-order valence-corrected chi connectivity index (χ0v) is 55.2. The van der Waals surface area contributed by atoms with E-state index in [0.29, 0.717) is 19.3 Å². The number of hydrogen-bond acceptors (Lipinski definition) is 6. The van der Waals surface area contributed by atoms with Gasteiger partial charge in [0, 0.05) is 19.3 Å². The molecule has 0 saturated carbocycles. The Bertz CT molecular complexity index is 1570. The van der Waals surface area contributed by atoms with Crippen LogP contribution in [0.15, 0.2) is 85.1 Å². The Morgan fingerprint density at radius 3 is 0.843 bits per heavy atom. The van der Waals surface area contributed by atoms with Gasteiger partial charge in [-0.05, 0) is 103 Å². The van der Waals surface area contributed by atoms with Crippen LogP contribution in [0.5, 0.6) is 0 Å². The molecule has 0 heterocycles. The zero-order chi connectivity index (χ0) is 59.9. The van der Waals surface area contributed by atoms with Crippen molar-refractivity contribution in [1.29, 1.82) is 0 Å². The molecule has 0 aliphatic carbocycles. The van der Waals surface area contributed by atoms with Crippen LogP contribution in [0.3, 0.4) is 0 Å².